The van der Waals surface area contributed by atoms with Crippen LogP contribution in [0.2, 0.25) is 0 Å². The number of hydrogen-bond acceptors (Lipinski definition) is 3. The van der Waals surface area contributed by atoms with Crippen molar-refractivity contribution in [2.75, 3.05) is 27.7 Å². The van der Waals surface area contributed by atoms with Crippen molar-refractivity contribution < 1.29 is 9.53 Å². The first-order valence-electron chi connectivity index (χ1n) is 8.18. The van der Waals surface area contributed by atoms with Gasteiger partial charge in [0, 0.05) is 5.56 Å². The number of allylic oxidation sites excluding steroid dienone is 1. The molecule has 0 saturated carbocycles. The van der Waals surface area contributed by atoms with Gasteiger partial charge in [-0.05, 0) is 62.8 Å². The predicted molar refractivity (Wildman–Crippen MR) is 99.7 cm³/mol. The molecule has 0 aliphatic heterocycles. The second-order valence-corrected chi connectivity index (χ2v) is 6.07. The molecule has 0 aliphatic carbocycles. The number of carbonyl (C=O) groups is 1. The second-order valence-electron chi connectivity index (χ2n) is 6.07. The number of benzene rings is 2. The van der Waals surface area contributed by atoms with Gasteiger partial charge in [0.2, 0.25) is 0 Å². The summed E-state index contributed by atoms with van der Waals surface area (Å²) in [5, 5.41) is 0. The molecular weight excluding hydrogens is 298 g/mol. The zero-order valence-corrected chi connectivity index (χ0v) is 14.7. The molecule has 2 aromatic rings. The van der Waals surface area contributed by atoms with Crippen molar-refractivity contribution in [3.05, 3.63) is 71.3 Å². The predicted octanol–water partition coefficient (Wildman–Crippen LogP) is 4.09. The van der Waals surface area contributed by atoms with Crippen molar-refractivity contribution in [1.82, 2.24) is 4.90 Å². The summed E-state index contributed by atoms with van der Waals surface area (Å²) in [7, 11) is 5.80. The van der Waals surface area contributed by atoms with Gasteiger partial charge in [-0.3, -0.25) is 4.79 Å². The van der Waals surface area contributed by atoms with Gasteiger partial charge in [-0.15, -0.1) is 0 Å². The first kappa shape index (κ1) is 18.0. The van der Waals surface area contributed by atoms with Crippen LogP contribution in [0.4, 0.5) is 0 Å². The Balaban J connectivity index is 1.92. The third-order valence-corrected chi connectivity index (χ3v) is 3.85. The fourth-order valence-electron chi connectivity index (χ4n) is 2.42. The third-order valence-electron chi connectivity index (χ3n) is 3.85. The lowest BCUT2D eigenvalue weighted by Gasteiger charge is -2.08. The van der Waals surface area contributed by atoms with Gasteiger partial charge in [-0.25, -0.2) is 0 Å². The SMILES string of the molecule is COc1ccc(C=CC(=O)c2ccc(CCCN(C)C)cc2)cc1. The van der Waals surface area contributed by atoms with E-state index in [9.17, 15) is 4.79 Å². The maximum atomic E-state index is 12.2. The maximum Gasteiger partial charge on any atom is 0.185 e. The molecule has 126 valence electrons. The van der Waals surface area contributed by atoms with E-state index in [1.807, 2.05) is 54.6 Å². The molecule has 0 saturated heterocycles. The molecule has 0 bridgehead atoms. The van der Waals surface area contributed by atoms with Gasteiger partial charge in [0.1, 0.15) is 5.75 Å². The second kappa shape index (κ2) is 9.04. The number of rotatable bonds is 8. The van der Waals surface area contributed by atoms with Crippen molar-refractivity contribution in [3.63, 3.8) is 0 Å². The molecule has 0 fully saturated rings. The highest BCUT2D eigenvalue weighted by atomic mass is 16.5. The Morgan fingerprint density at radius 3 is 2.29 bits per heavy atom. The fourth-order valence-corrected chi connectivity index (χ4v) is 2.42. The number of nitrogens with zero attached hydrogens (tertiary/aromatic N) is 1. The lowest BCUT2D eigenvalue weighted by molar-refractivity contribution is 0.104. The summed E-state index contributed by atoms with van der Waals surface area (Å²) in [6.45, 7) is 1.07. The molecule has 3 heteroatoms. The summed E-state index contributed by atoms with van der Waals surface area (Å²) in [6.07, 6.45) is 5.60. The van der Waals surface area contributed by atoms with Gasteiger partial charge in [-0.1, -0.05) is 42.5 Å². The molecule has 0 N–H and O–H groups in total. The summed E-state index contributed by atoms with van der Waals surface area (Å²) in [4.78, 5) is 14.4. The first-order chi connectivity index (χ1) is 11.6. The molecule has 0 spiro atoms. The molecule has 0 unspecified atom stereocenters. The van der Waals surface area contributed by atoms with Crippen molar-refractivity contribution in [1.29, 1.82) is 0 Å². The Morgan fingerprint density at radius 1 is 1.04 bits per heavy atom. The van der Waals surface area contributed by atoms with Crippen LogP contribution in [0.5, 0.6) is 5.75 Å². The van der Waals surface area contributed by atoms with Crippen LogP contribution < -0.4 is 4.74 Å². The van der Waals surface area contributed by atoms with E-state index in [0.29, 0.717) is 0 Å². The highest BCUT2D eigenvalue weighted by molar-refractivity contribution is 6.06. The normalized spacial score (nSPS) is 11.2. The zero-order valence-electron chi connectivity index (χ0n) is 14.7. The minimum Gasteiger partial charge on any atom is -0.497 e. The smallest absolute Gasteiger partial charge is 0.185 e. The van der Waals surface area contributed by atoms with Crippen LogP contribution in [-0.2, 0) is 6.42 Å². The Labute approximate surface area is 144 Å². The maximum absolute atomic E-state index is 12.2. The lowest BCUT2D eigenvalue weighted by atomic mass is 10.0. The van der Waals surface area contributed by atoms with Crippen LogP contribution in [-0.4, -0.2) is 38.4 Å². The lowest BCUT2D eigenvalue weighted by Crippen LogP contribution is -2.13. The van der Waals surface area contributed by atoms with Crippen LogP contribution in [0, 0.1) is 0 Å². The molecule has 24 heavy (non-hydrogen) atoms. The Hall–Kier alpha value is -2.39. The molecule has 0 radical (unpaired) electrons. The van der Waals surface area contributed by atoms with Crippen molar-refractivity contribution in [3.8, 4) is 5.75 Å². The molecule has 0 amide bonds. The van der Waals surface area contributed by atoms with Gasteiger partial charge in [0.15, 0.2) is 5.78 Å². The zero-order chi connectivity index (χ0) is 17.4. The number of carbonyl (C=O) groups excluding carboxylic acids is 1. The van der Waals surface area contributed by atoms with Crippen LogP contribution >= 0.6 is 0 Å². The number of ketones is 1. The quantitative estimate of drug-likeness (QED) is 0.541. The molecule has 0 aliphatic rings. The van der Waals surface area contributed by atoms with Crippen molar-refractivity contribution >= 4 is 11.9 Å². The molecule has 3 nitrogen and oxygen atoms in total. The largest absolute Gasteiger partial charge is 0.497 e. The van der Waals surface area contributed by atoms with E-state index in [2.05, 4.69) is 19.0 Å². The third kappa shape index (κ3) is 5.67. The van der Waals surface area contributed by atoms with E-state index in [1.54, 1.807) is 13.2 Å². The number of ether oxygens (including phenoxy) is 1. The van der Waals surface area contributed by atoms with Crippen LogP contribution in [0.3, 0.4) is 0 Å². The Kier molecular flexibility index (Phi) is 6.76. The summed E-state index contributed by atoms with van der Waals surface area (Å²) in [6, 6.07) is 15.5. The monoisotopic (exact) mass is 323 g/mol. The van der Waals surface area contributed by atoms with Crippen LogP contribution in [0.25, 0.3) is 6.08 Å². The molecule has 2 aromatic carbocycles. The van der Waals surface area contributed by atoms with E-state index >= 15 is 0 Å². The summed E-state index contributed by atoms with van der Waals surface area (Å²) < 4.78 is 5.12. The molecule has 2 rings (SSSR count). The standard InChI is InChI=1S/C21H25NO2/c1-22(2)16-4-5-17-6-11-19(12-7-17)21(23)15-10-18-8-13-20(24-3)14-9-18/h6-15H,4-5,16H2,1-3H3. The molecule has 0 atom stereocenters. The van der Waals surface area contributed by atoms with Gasteiger partial charge in [-0.2, -0.15) is 0 Å². The number of hydrogen-bond donors (Lipinski definition) is 0. The van der Waals surface area contributed by atoms with Gasteiger partial charge in [0.25, 0.3) is 0 Å². The molecular formula is C21H25NO2. The first-order valence-corrected chi connectivity index (χ1v) is 8.18. The minimum atomic E-state index is 0.0191. The topological polar surface area (TPSA) is 29.5 Å². The van der Waals surface area contributed by atoms with Crippen molar-refractivity contribution in [2.24, 2.45) is 0 Å². The van der Waals surface area contributed by atoms with E-state index in [4.69, 9.17) is 4.74 Å². The highest BCUT2D eigenvalue weighted by Crippen LogP contribution is 2.13. The van der Waals surface area contributed by atoms with E-state index in [0.717, 1.165) is 36.3 Å². The summed E-state index contributed by atoms with van der Waals surface area (Å²) >= 11 is 0. The van der Waals surface area contributed by atoms with E-state index < -0.39 is 0 Å². The van der Waals surface area contributed by atoms with E-state index in [1.165, 1.54) is 5.56 Å². The van der Waals surface area contributed by atoms with Crippen LogP contribution in [0.1, 0.15) is 27.9 Å². The fraction of sp³-hybridized carbons (Fsp3) is 0.286. The van der Waals surface area contributed by atoms with Gasteiger partial charge >= 0.3 is 0 Å². The minimum absolute atomic E-state index is 0.0191. The van der Waals surface area contributed by atoms with Gasteiger partial charge < -0.3 is 9.64 Å². The highest BCUT2D eigenvalue weighted by Gasteiger charge is 2.02. The molecule has 0 heterocycles. The van der Waals surface area contributed by atoms with Gasteiger partial charge in [0.05, 0.1) is 7.11 Å². The number of methoxy groups -OCH3 is 1. The Bertz CT molecular complexity index is 670. The average Bonchev–Trinajstić information content (AvgIpc) is 2.60. The average molecular weight is 323 g/mol. The summed E-state index contributed by atoms with van der Waals surface area (Å²) in [5.74, 6) is 0.828. The molecule has 0 aromatic heterocycles. The van der Waals surface area contributed by atoms with Crippen LogP contribution in [0.15, 0.2) is 54.6 Å². The van der Waals surface area contributed by atoms with Crippen molar-refractivity contribution in [2.45, 2.75) is 12.8 Å². The Morgan fingerprint density at radius 2 is 1.71 bits per heavy atom. The number of aryl methyl sites for hydroxylation is 1. The van der Waals surface area contributed by atoms with E-state index in [-0.39, 0.29) is 5.78 Å². The summed E-state index contributed by atoms with van der Waals surface area (Å²) in [5.41, 5.74) is 2.97.